The average Bonchev–Trinajstić information content (AvgIpc) is 3.24. The molecule has 0 bridgehead atoms. The molecule has 0 saturated carbocycles. The van der Waals surface area contributed by atoms with Crippen LogP contribution in [0.25, 0.3) is 16.9 Å². The third-order valence-electron chi connectivity index (χ3n) is 4.69. The van der Waals surface area contributed by atoms with Gasteiger partial charge in [0.1, 0.15) is 11.4 Å². The molecule has 0 unspecified atom stereocenters. The van der Waals surface area contributed by atoms with Crippen LogP contribution in [0.3, 0.4) is 0 Å². The van der Waals surface area contributed by atoms with Gasteiger partial charge in [-0.3, -0.25) is 9.78 Å². The van der Waals surface area contributed by atoms with Crippen LogP contribution in [0.1, 0.15) is 21.6 Å². The quantitative estimate of drug-likeness (QED) is 0.536. The summed E-state index contributed by atoms with van der Waals surface area (Å²) < 4.78 is 6.90. The summed E-state index contributed by atoms with van der Waals surface area (Å²) in [6, 6.07) is 19.1. The molecule has 0 radical (unpaired) electrons. The molecule has 7 heteroatoms. The Balaban J connectivity index is 1.67. The van der Waals surface area contributed by atoms with Crippen LogP contribution in [-0.2, 0) is 6.54 Å². The maximum Gasteiger partial charge on any atom is 0.274 e. The average molecular weight is 399 g/mol. The first-order valence-corrected chi connectivity index (χ1v) is 9.50. The molecule has 0 atom stereocenters. The Kier molecular flexibility index (Phi) is 5.52. The van der Waals surface area contributed by atoms with Crippen molar-refractivity contribution in [1.29, 1.82) is 0 Å². The molecule has 1 amide bonds. The fraction of sp³-hybridized carbons (Fsp3) is 0.130. The van der Waals surface area contributed by atoms with Gasteiger partial charge in [0.05, 0.1) is 12.8 Å². The standard InChI is InChI=1S/C23H21N5O2/c1-16-8-10-19(11-9-16)28-22(18-6-4-12-24-15-18)21(26-27-28)23(29)25-14-17-5-3-7-20(13-17)30-2/h3-13,15H,14H2,1-2H3,(H,25,29). The number of aromatic nitrogens is 4. The van der Waals surface area contributed by atoms with E-state index >= 15 is 0 Å². The number of amides is 1. The summed E-state index contributed by atoms with van der Waals surface area (Å²) in [5, 5.41) is 11.4. The zero-order valence-electron chi connectivity index (χ0n) is 16.7. The van der Waals surface area contributed by atoms with E-state index in [4.69, 9.17) is 4.74 Å². The number of rotatable bonds is 6. The van der Waals surface area contributed by atoms with Crippen LogP contribution in [0.4, 0.5) is 0 Å². The lowest BCUT2D eigenvalue weighted by Gasteiger charge is -2.09. The second-order valence-electron chi connectivity index (χ2n) is 6.81. The van der Waals surface area contributed by atoms with Crippen molar-refractivity contribution < 1.29 is 9.53 Å². The van der Waals surface area contributed by atoms with Gasteiger partial charge in [-0.15, -0.1) is 5.10 Å². The Bertz CT molecular complexity index is 1150. The van der Waals surface area contributed by atoms with Crippen molar-refractivity contribution in [3.63, 3.8) is 0 Å². The van der Waals surface area contributed by atoms with Crippen LogP contribution in [0.15, 0.2) is 73.1 Å². The molecular weight excluding hydrogens is 378 g/mol. The maximum atomic E-state index is 13.0. The van der Waals surface area contributed by atoms with Crippen molar-refractivity contribution in [3.05, 3.63) is 89.9 Å². The summed E-state index contributed by atoms with van der Waals surface area (Å²) in [6.45, 7) is 2.37. The van der Waals surface area contributed by atoms with Crippen molar-refractivity contribution in [3.8, 4) is 22.7 Å². The van der Waals surface area contributed by atoms with Gasteiger partial charge < -0.3 is 10.1 Å². The van der Waals surface area contributed by atoms with Crippen LogP contribution in [0.5, 0.6) is 5.75 Å². The molecule has 7 nitrogen and oxygen atoms in total. The highest BCUT2D eigenvalue weighted by molar-refractivity contribution is 5.98. The zero-order chi connectivity index (χ0) is 20.9. The first-order chi connectivity index (χ1) is 14.7. The minimum absolute atomic E-state index is 0.242. The number of carbonyl (C=O) groups is 1. The SMILES string of the molecule is COc1cccc(CNC(=O)c2nnn(-c3ccc(C)cc3)c2-c2cccnc2)c1. The molecule has 0 aliphatic heterocycles. The molecule has 4 rings (SSSR count). The van der Waals surface area contributed by atoms with Gasteiger partial charge in [0.25, 0.3) is 5.91 Å². The number of hydrogen-bond donors (Lipinski definition) is 1. The summed E-state index contributed by atoms with van der Waals surface area (Å²) in [5.74, 6) is 0.429. The van der Waals surface area contributed by atoms with E-state index in [1.807, 2.05) is 67.6 Å². The second kappa shape index (κ2) is 8.57. The van der Waals surface area contributed by atoms with Crippen molar-refractivity contribution in [2.45, 2.75) is 13.5 Å². The first kappa shape index (κ1) is 19.3. The number of hydrogen-bond acceptors (Lipinski definition) is 5. The molecule has 0 saturated heterocycles. The predicted octanol–water partition coefficient (Wildman–Crippen LogP) is 3.58. The molecule has 0 fully saturated rings. The summed E-state index contributed by atoms with van der Waals surface area (Å²) >= 11 is 0. The molecule has 2 aromatic carbocycles. The lowest BCUT2D eigenvalue weighted by atomic mass is 10.1. The monoisotopic (exact) mass is 399 g/mol. The maximum absolute atomic E-state index is 13.0. The number of pyridine rings is 1. The van der Waals surface area contributed by atoms with Crippen molar-refractivity contribution in [2.24, 2.45) is 0 Å². The Hall–Kier alpha value is -4.00. The molecule has 2 heterocycles. The van der Waals surface area contributed by atoms with Crippen LogP contribution in [-0.4, -0.2) is 33.0 Å². The summed E-state index contributed by atoms with van der Waals surface area (Å²) in [7, 11) is 1.61. The number of methoxy groups -OCH3 is 1. The molecule has 150 valence electrons. The van der Waals surface area contributed by atoms with E-state index in [0.717, 1.165) is 28.1 Å². The lowest BCUT2D eigenvalue weighted by Crippen LogP contribution is -2.24. The Morgan fingerprint density at radius 1 is 1.10 bits per heavy atom. The van der Waals surface area contributed by atoms with E-state index in [1.165, 1.54) is 0 Å². The van der Waals surface area contributed by atoms with E-state index in [-0.39, 0.29) is 11.6 Å². The van der Waals surface area contributed by atoms with Crippen LogP contribution < -0.4 is 10.1 Å². The molecule has 0 aliphatic carbocycles. The summed E-state index contributed by atoms with van der Waals surface area (Å²) in [4.78, 5) is 17.2. The number of ether oxygens (including phenoxy) is 1. The number of carbonyl (C=O) groups excluding carboxylic acids is 1. The molecule has 1 N–H and O–H groups in total. The van der Waals surface area contributed by atoms with Gasteiger partial charge >= 0.3 is 0 Å². The predicted molar refractivity (Wildman–Crippen MR) is 113 cm³/mol. The van der Waals surface area contributed by atoms with Crippen molar-refractivity contribution in [2.75, 3.05) is 7.11 Å². The van der Waals surface area contributed by atoms with Crippen molar-refractivity contribution in [1.82, 2.24) is 25.3 Å². The van der Waals surface area contributed by atoms with Gasteiger partial charge in [0.15, 0.2) is 5.69 Å². The van der Waals surface area contributed by atoms with Gasteiger partial charge in [0.2, 0.25) is 0 Å². The van der Waals surface area contributed by atoms with E-state index in [0.29, 0.717) is 12.2 Å². The molecule has 30 heavy (non-hydrogen) atoms. The van der Waals surface area contributed by atoms with Gasteiger partial charge in [-0.25, -0.2) is 4.68 Å². The van der Waals surface area contributed by atoms with Gasteiger partial charge in [0, 0.05) is 24.5 Å². The number of nitrogens with zero attached hydrogens (tertiary/aromatic N) is 4. The smallest absolute Gasteiger partial charge is 0.274 e. The zero-order valence-corrected chi connectivity index (χ0v) is 16.7. The fourth-order valence-electron chi connectivity index (χ4n) is 3.11. The summed E-state index contributed by atoms with van der Waals surface area (Å²) in [5.41, 5.74) is 4.48. The highest BCUT2D eigenvalue weighted by Gasteiger charge is 2.22. The van der Waals surface area contributed by atoms with Gasteiger partial charge in [-0.1, -0.05) is 35.0 Å². The van der Waals surface area contributed by atoms with Gasteiger partial charge in [-0.05, 0) is 48.9 Å². The lowest BCUT2D eigenvalue weighted by molar-refractivity contribution is 0.0946. The van der Waals surface area contributed by atoms with Crippen LogP contribution in [0, 0.1) is 6.92 Å². The molecule has 4 aromatic rings. The summed E-state index contributed by atoms with van der Waals surface area (Å²) in [6.07, 6.45) is 3.38. The number of nitrogens with one attached hydrogen (secondary N) is 1. The first-order valence-electron chi connectivity index (χ1n) is 9.50. The van der Waals surface area contributed by atoms with Crippen LogP contribution >= 0.6 is 0 Å². The normalized spacial score (nSPS) is 10.6. The van der Waals surface area contributed by atoms with E-state index in [9.17, 15) is 4.79 Å². The van der Waals surface area contributed by atoms with Crippen molar-refractivity contribution >= 4 is 5.91 Å². The number of benzene rings is 2. The number of aryl methyl sites for hydroxylation is 1. The Labute approximate surface area is 174 Å². The van der Waals surface area contributed by atoms with E-state index in [1.54, 1.807) is 24.2 Å². The Morgan fingerprint density at radius 2 is 1.93 bits per heavy atom. The topological polar surface area (TPSA) is 81.9 Å². The van der Waals surface area contributed by atoms with Crippen LogP contribution in [0.2, 0.25) is 0 Å². The minimum atomic E-state index is -0.310. The fourth-order valence-corrected chi connectivity index (χ4v) is 3.11. The van der Waals surface area contributed by atoms with Gasteiger partial charge in [-0.2, -0.15) is 0 Å². The molecule has 0 aliphatic rings. The third kappa shape index (κ3) is 4.05. The van der Waals surface area contributed by atoms with E-state index in [2.05, 4.69) is 20.6 Å². The van der Waals surface area contributed by atoms with E-state index < -0.39 is 0 Å². The molecule has 2 aromatic heterocycles. The second-order valence-corrected chi connectivity index (χ2v) is 6.81. The third-order valence-corrected chi connectivity index (χ3v) is 4.69. The largest absolute Gasteiger partial charge is 0.497 e. The highest BCUT2D eigenvalue weighted by Crippen LogP contribution is 2.25. The Morgan fingerprint density at radius 3 is 2.67 bits per heavy atom. The minimum Gasteiger partial charge on any atom is -0.497 e. The molecular formula is C23H21N5O2. The highest BCUT2D eigenvalue weighted by atomic mass is 16.5. The molecule has 0 spiro atoms.